The molecule has 2 N–H and O–H groups in total. The maximum atomic E-state index is 12.4. The highest BCUT2D eigenvalue weighted by molar-refractivity contribution is 8.00. The number of hydrogen-bond acceptors (Lipinski definition) is 6. The summed E-state index contributed by atoms with van der Waals surface area (Å²) in [5.74, 6) is -0.703. The number of carbonyl (C=O) groups excluding carboxylic acids is 3. The Morgan fingerprint density at radius 1 is 1.10 bits per heavy atom. The van der Waals surface area contributed by atoms with Crippen LogP contribution < -0.4 is 10.6 Å². The summed E-state index contributed by atoms with van der Waals surface area (Å²) in [4.78, 5) is 37.0. The van der Waals surface area contributed by atoms with Gasteiger partial charge in [0.05, 0.1) is 22.9 Å². The Bertz CT molecular complexity index is 969. The molecule has 0 saturated carbocycles. The first-order valence-electron chi connectivity index (χ1n) is 9.84. The van der Waals surface area contributed by atoms with Crippen LogP contribution in [-0.4, -0.2) is 36.7 Å². The zero-order valence-electron chi connectivity index (χ0n) is 17.5. The van der Waals surface area contributed by atoms with Crippen LogP contribution in [0.25, 0.3) is 0 Å². The molecule has 0 aromatic heterocycles. The number of amides is 2. The van der Waals surface area contributed by atoms with Gasteiger partial charge in [-0.05, 0) is 42.7 Å². The van der Waals surface area contributed by atoms with Crippen molar-refractivity contribution in [1.82, 2.24) is 5.32 Å². The van der Waals surface area contributed by atoms with Crippen molar-refractivity contribution < 1.29 is 19.1 Å². The van der Waals surface area contributed by atoms with Crippen molar-refractivity contribution in [3.63, 3.8) is 0 Å². The summed E-state index contributed by atoms with van der Waals surface area (Å²) in [6.45, 7) is 4.30. The third kappa shape index (κ3) is 8.52. The number of nitrogens with one attached hydrogen (secondary N) is 2. The van der Waals surface area contributed by atoms with Gasteiger partial charge in [0.1, 0.15) is 0 Å². The molecule has 2 rings (SSSR count). The van der Waals surface area contributed by atoms with Crippen LogP contribution in [-0.2, 0) is 14.3 Å². The molecular formula is C23H25N3O4S. The van der Waals surface area contributed by atoms with Crippen LogP contribution >= 0.6 is 11.8 Å². The minimum atomic E-state index is -0.621. The van der Waals surface area contributed by atoms with E-state index in [1.54, 1.807) is 48.5 Å². The maximum Gasteiger partial charge on any atom is 0.339 e. The van der Waals surface area contributed by atoms with Crippen LogP contribution in [0.3, 0.4) is 0 Å². The van der Waals surface area contributed by atoms with E-state index in [9.17, 15) is 14.4 Å². The molecule has 0 radical (unpaired) electrons. The molecule has 0 fully saturated rings. The maximum absolute atomic E-state index is 12.4. The fourth-order valence-corrected chi connectivity index (χ4v) is 3.37. The van der Waals surface area contributed by atoms with Gasteiger partial charge in [0.15, 0.2) is 6.61 Å². The zero-order chi connectivity index (χ0) is 22.6. The van der Waals surface area contributed by atoms with Gasteiger partial charge in [-0.25, -0.2) is 4.79 Å². The zero-order valence-corrected chi connectivity index (χ0v) is 18.3. The number of hydrogen-bond donors (Lipinski definition) is 2. The fourth-order valence-electron chi connectivity index (χ4n) is 2.53. The van der Waals surface area contributed by atoms with Gasteiger partial charge in [-0.2, -0.15) is 5.26 Å². The second kappa shape index (κ2) is 12.4. The lowest BCUT2D eigenvalue weighted by Crippen LogP contribution is -2.30. The van der Waals surface area contributed by atoms with E-state index >= 15 is 0 Å². The number of carbonyl (C=O) groups is 3. The Labute approximate surface area is 186 Å². The van der Waals surface area contributed by atoms with Crippen molar-refractivity contribution >= 4 is 35.2 Å². The van der Waals surface area contributed by atoms with E-state index < -0.39 is 5.97 Å². The molecule has 162 valence electrons. The van der Waals surface area contributed by atoms with E-state index in [0.717, 1.165) is 6.42 Å². The number of esters is 1. The topological polar surface area (TPSA) is 108 Å². The summed E-state index contributed by atoms with van der Waals surface area (Å²) in [6, 6.07) is 15.4. The quantitative estimate of drug-likeness (QED) is 0.432. The number of rotatable bonds is 10. The molecule has 0 aliphatic carbocycles. The van der Waals surface area contributed by atoms with Crippen molar-refractivity contribution in [1.29, 1.82) is 5.26 Å². The highest BCUT2D eigenvalue weighted by atomic mass is 32.2. The fraction of sp³-hybridized carbons (Fsp3) is 0.304. The third-order valence-corrected chi connectivity index (χ3v) is 5.19. The SMILES string of the molecule is CC(C)CCNC(=O)COC(=O)c1ccccc1SCC(=O)Nc1cccc(C#N)c1. The molecule has 0 heterocycles. The van der Waals surface area contributed by atoms with Crippen molar-refractivity contribution in [2.24, 2.45) is 5.92 Å². The lowest BCUT2D eigenvalue weighted by atomic mass is 10.1. The summed E-state index contributed by atoms with van der Waals surface area (Å²) in [5, 5.41) is 14.4. The minimum Gasteiger partial charge on any atom is -0.452 e. The second-order valence-corrected chi connectivity index (χ2v) is 8.15. The Morgan fingerprint density at radius 3 is 2.61 bits per heavy atom. The Hall–Kier alpha value is -3.31. The first kappa shape index (κ1) is 24.0. The van der Waals surface area contributed by atoms with Crippen LogP contribution in [0.15, 0.2) is 53.4 Å². The molecule has 0 unspecified atom stereocenters. The van der Waals surface area contributed by atoms with E-state index in [-0.39, 0.29) is 24.2 Å². The first-order valence-corrected chi connectivity index (χ1v) is 10.8. The number of ether oxygens (including phenoxy) is 1. The molecule has 0 atom stereocenters. The van der Waals surface area contributed by atoms with Crippen molar-refractivity contribution in [2.75, 3.05) is 24.2 Å². The molecule has 2 aromatic rings. The molecule has 0 bridgehead atoms. The van der Waals surface area contributed by atoms with Gasteiger partial charge in [0, 0.05) is 17.1 Å². The Kier molecular flexibility index (Phi) is 9.59. The number of thioether (sulfide) groups is 1. The van der Waals surface area contributed by atoms with E-state index in [4.69, 9.17) is 10.00 Å². The predicted octanol–water partition coefficient (Wildman–Crippen LogP) is 3.61. The van der Waals surface area contributed by atoms with Crippen LogP contribution in [0, 0.1) is 17.2 Å². The van der Waals surface area contributed by atoms with Gasteiger partial charge in [-0.1, -0.05) is 32.0 Å². The lowest BCUT2D eigenvalue weighted by Gasteiger charge is -2.10. The molecule has 2 aromatic carbocycles. The molecule has 2 amide bonds. The third-order valence-electron chi connectivity index (χ3n) is 4.12. The van der Waals surface area contributed by atoms with E-state index in [2.05, 4.69) is 24.5 Å². The molecule has 0 aliphatic rings. The van der Waals surface area contributed by atoms with Gasteiger partial charge in [0.2, 0.25) is 5.91 Å². The van der Waals surface area contributed by atoms with Gasteiger partial charge in [-0.15, -0.1) is 11.8 Å². The molecule has 8 heteroatoms. The van der Waals surface area contributed by atoms with Gasteiger partial charge in [0.25, 0.3) is 5.91 Å². The minimum absolute atomic E-state index is 0.0662. The highest BCUT2D eigenvalue weighted by Gasteiger charge is 2.15. The largest absolute Gasteiger partial charge is 0.452 e. The molecule has 0 aliphatic heterocycles. The average Bonchev–Trinajstić information content (AvgIpc) is 2.76. The van der Waals surface area contributed by atoms with Crippen molar-refractivity contribution in [2.45, 2.75) is 25.2 Å². The van der Waals surface area contributed by atoms with Gasteiger partial charge in [-0.3, -0.25) is 9.59 Å². The van der Waals surface area contributed by atoms with Crippen LogP contribution in [0.2, 0.25) is 0 Å². The second-order valence-electron chi connectivity index (χ2n) is 7.13. The normalized spacial score (nSPS) is 10.3. The molecular weight excluding hydrogens is 414 g/mol. The smallest absolute Gasteiger partial charge is 0.339 e. The van der Waals surface area contributed by atoms with Gasteiger partial charge >= 0.3 is 5.97 Å². The highest BCUT2D eigenvalue weighted by Crippen LogP contribution is 2.23. The number of nitriles is 1. The molecule has 0 saturated heterocycles. The molecule has 7 nitrogen and oxygen atoms in total. The van der Waals surface area contributed by atoms with Gasteiger partial charge < -0.3 is 15.4 Å². The summed E-state index contributed by atoms with van der Waals surface area (Å²) in [5.41, 5.74) is 1.27. The van der Waals surface area contributed by atoms with E-state index in [1.165, 1.54) is 11.8 Å². The predicted molar refractivity (Wildman–Crippen MR) is 120 cm³/mol. The van der Waals surface area contributed by atoms with Crippen molar-refractivity contribution in [3.05, 3.63) is 59.7 Å². The van der Waals surface area contributed by atoms with Crippen LogP contribution in [0.1, 0.15) is 36.2 Å². The number of benzene rings is 2. The van der Waals surface area contributed by atoms with Crippen LogP contribution in [0.5, 0.6) is 0 Å². The Balaban J connectivity index is 1.88. The summed E-state index contributed by atoms with van der Waals surface area (Å²) in [6.07, 6.45) is 0.849. The Morgan fingerprint density at radius 2 is 1.87 bits per heavy atom. The average molecular weight is 440 g/mol. The van der Waals surface area contributed by atoms with E-state index in [0.29, 0.717) is 34.2 Å². The molecule has 0 spiro atoms. The summed E-state index contributed by atoms with van der Waals surface area (Å²) in [7, 11) is 0. The molecule has 31 heavy (non-hydrogen) atoms. The lowest BCUT2D eigenvalue weighted by molar-refractivity contribution is -0.124. The van der Waals surface area contributed by atoms with E-state index in [1.807, 2.05) is 6.07 Å². The van der Waals surface area contributed by atoms with Crippen molar-refractivity contribution in [3.8, 4) is 6.07 Å². The monoisotopic (exact) mass is 439 g/mol. The van der Waals surface area contributed by atoms with Crippen LogP contribution in [0.4, 0.5) is 5.69 Å². The summed E-state index contributed by atoms with van der Waals surface area (Å²) < 4.78 is 5.12. The first-order chi connectivity index (χ1) is 14.9. The summed E-state index contributed by atoms with van der Waals surface area (Å²) >= 11 is 1.19. The standard InChI is InChI=1S/C23H25N3O4S/c1-16(2)10-11-25-21(27)14-30-23(29)19-8-3-4-9-20(19)31-15-22(28)26-18-7-5-6-17(12-18)13-24/h3-9,12,16H,10-11,14-15H2,1-2H3,(H,25,27)(H,26,28). The number of anilines is 1. The number of nitrogens with zero attached hydrogens (tertiary/aromatic N) is 1.